The molecule has 0 spiro atoms. The van der Waals surface area contributed by atoms with Crippen LogP contribution in [0.2, 0.25) is 0 Å². The summed E-state index contributed by atoms with van der Waals surface area (Å²) in [7, 11) is 1.61. The highest BCUT2D eigenvalue weighted by Crippen LogP contribution is 2.16. The number of carbonyl (C=O) groups excluding carboxylic acids is 1. The molecule has 3 N–H and O–H groups in total. The van der Waals surface area contributed by atoms with Crippen molar-refractivity contribution in [1.82, 2.24) is 5.32 Å². The number of methoxy groups -OCH3 is 1. The van der Waals surface area contributed by atoms with Crippen molar-refractivity contribution >= 4 is 18.3 Å². The van der Waals surface area contributed by atoms with Crippen LogP contribution in [0.1, 0.15) is 13.3 Å². The number of hydrogen-bond donors (Lipinski definition) is 2. The van der Waals surface area contributed by atoms with Gasteiger partial charge in [0.25, 0.3) is 0 Å². The van der Waals surface area contributed by atoms with Crippen molar-refractivity contribution in [2.45, 2.75) is 19.4 Å². The number of ether oxygens (including phenoxy) is 2. The zero-order chi connectivity index (χ0) is 13.4. The Kier molecular flexibility index (Phi) is 8.74. The molecule has 6 heteroatoms. The van der Waals surface area contributed by atoms with Crippen LogP contribution in [0.4, 0.5) is 0 Å². The van der Waals surface area contributed by atoms with Crippen molar-refractivity contribution in [3.8, 4) is 11.5 Å². The number of halogens is 1. The highest BCUT2D eigenvalue weighted by molar-refractivity contribution is 5.85. The van der Waals surface area contributed by atoms with E-state index in [4.69, 9.17) is 15.2 Å². The lowest BCUT2D eigenvalue weighted by molar-refractivity contribution is -0.121. The van der Waals surface area contributed by atoms with E-state index >= 15 is 0 Å². The summed E-state index contributed by atoms with van der Waals surface area (Å²) < 4.78 is 10.5. The zero-order valence-electron chi connectivity index (χ0n) is 11.2. The van der Waals surface area contributed by atoms with E-state index in [-0.39, 0.29) is 24.4 Å². The van der Waals surface area contributed by atoms with Crippen LogP contribution >= 0.6 is 12.4 Å². The smallest absolute Gasteiger partial charge is 0.221 e. The van der Waals surface area contributed by atoms with E-state index < -0.39 is 0 Å². The molecular weight excluding hydrogens is 268 g/mol. The van der Waals surface area contributed by atoms with Gasteiger partial charge in [0.2, 0.25) is 5.91 Å². The molecule has 1 atom stereocenters. The molecule has 1 amide bonds. The van der Waals surface area contributed by atoms with E-state index in [1.54, 1.807) is 14.0 Å². The third-order valence-corrected chi connectivity index (χ3v) is 2.26. The second-order valence-electron chi connectivity index (χ2n) is 4.06. The van der Waals surface area contributed by atoms with Gasteiger partial charge >= 0.3 is 0 Å². The number of carbonyl (C=O) groups is 1. The first-order valence-corrected chi connectivity index (χ1v) is 5.91. The second-order valence-corrected chi connectivity index (χ2v) is 4.06. The minimum atomic E-state index is -0.118. The molecule has 0 aromatic heterocycles. The van der Waals surface area contributed by atoms with Crippen LogP contribution in [0.25, 0.3) is 0 Å². The van der Waals surface area contributed by atoms with Crippen molar-refractivity contribution in [1.29, 1.82) is 0 Å². The zero-order valence-corrected chi connectivity index (χ0v) is 12.0. The Bertz CT molecular complexity index is 369. The summed E-state index contributed by atoms with van der Waals surface area (Å²) in [6.45, 7) is 2.70. The minimum Gasteiger partial charge on any atom is -0.497 e. The third-order valence-electron chi connectivity index (χ3n) is 2.26. The van der Waals surface area contributed by atoms with Gasteiger partial charge in [-0.2, -0.15) is 0 Å². The van der Waals surface area contributed by atoms with Gasteiger partial charge < -0.3 is 20.5 Å². The fourth-order valence-corrected chi connectivity index (χ4v) is 1.40. The Balaban J connectivity index is 0.00000324. The fraction of sp³-hybridized carbons (Fsp3) is 0.462. The van der Waals surface area contributed by atoms with Gasteiger partial charge in [0.1, 0.15) is 18.1 Å². The van der Waals surface area contributed by atoms with Crippen LogP contribution in [-0.4, -0.2) is 32.2 Å². The molecule has 5 nitrogen and oxygen atoms in total. The van der Waals surface area contributed by atoms with Crippen molar-refractivity contribution in [3.63, 3.8) is 0 Å². The van der Waals surface area contributed by atoms with Crippen LogP contribution in [0.5, 0.6) is 11.5 Å². The highest BCUT2D eigenvalue weighted by atomic mass is 35.5. The number of benzene rings is 1. The quantitative estimate of drug-likeness (QED) is 0.743. The molecule has 0 aliphatic rings. The molecule has 0 saturated heterocycles. The number of hydrogen-bond acceptors (Lipinski definition) is 4. The van der Waals surface area contributed by atoms with Gasteiger partial charge in [-0.25, -0.2) is 0 Å². The number of rotatable bonds is 7. The van der Waals surface area contributed by atoms with Crippen molar-refractivity contribution in [2.75, 3.05) is 20.3 Å². The molecule has 19 heavy (non-hydrogen) atoms. The van der Waals surface area contributed by atoms with Crippen molar-refractivity contribution in [3.05, 3.63) is 24.3 Å². The van der Waals surface area contributed by atoms with Gasteiger partial charge in [-0.15, -0.1) is 12.4 Å². The first-order chi connectivity index (χ1) is 8.61. The number of nitrogens with one attached hydrogen (secondary N) is 1. The third kappa shape index (κ3) is 7.54. The lowest BCUT2D eigenvalue weighted by Crippen LogP contribution is -2.32. The Hall–Kier alpha value is -1.46. The normalized spacial score (nSPS) is 11.1. The molecule has 0 aliphatic carbocycles. The molecule has 0 aliphatic heterocycles. The highest BCUT2D eigenvalue weighted by Gasteiger charge is 2.03. The van der Waals surface area contributed by atoms with Crippen LogP contribution in [-0.2, 0) is 4.79 Å². The Morgan fingerprint density at radius 1 is 1.32 bits per heavy atom. The SMILES string of the molecule is COc1ccc(OCCNC(=O)CC(C)N)cc1.Cl. The van der Waals surface area contributed by atoms with E-state index in [0.717, 1.165) is 11.5 Å². The molecule has 0 saturated carbocycles. The van der Waals surface area contributed by atoms with E-state index in [1.165, 1.54) is 0 Å². The standard InChI is InChI=1S/C13H20N2O3.ClH/c1-10(14)9-13(16)15-7-8-18-12-5-3-11(17-2)4-6-12;/h3-6,10H,7-9,14H2,1-2H3,(H,15,16);1H. The average Bonchev–Trinajstić information content (AvgIpc) is 2.34. The largest absolute Gasteiger partial charge is 0.497 e. The Morgan fingerprint density at radius 3 is 2.42 bits per heavy atom. The van der Waals surface area contributed by atoms with Gasteiger partial charge in [-0.1, -0.05) is 0 Å². The number of amides is 1. The lowest BCUT2D eigenvalue weighted by atomic mass is 10.2. The van der Waals surface area contributed by atoms with Gasteiger partial charge in [-0.3, -0.25) is 4.79 Å². The molecule has 1 aromatic rings. The molecule has 1 aromatic carbocycles. The molecule has 1 unspecified atom stereocenters. The Morgan fingerprint density at radius 2 is 1.89 bits per heavy atom. The molecule has 0 fully saturated rings. The van der Waals surface area contributed by atoms with Gasteiger partial charge in [0.05, 0.1) is 13.7 Å². The predicted molar refractivity (Wildman–Crippen MR) is 77.0 cm³/mol. The number of nitrogens with two attached hydrogens (primary N) is 1. The molecule has 1 rings (SSSR count). The van der Waals surface area contributed by atoms with E-state index in [2.05, 4.69) is 5.32 Å². The van der Waals surface area contributed by atoms with Crippen molar-refractivity contribution in [2.24, 2.45) is 5.73 Å². The van der Waals surface area contributed by atoms with Crippen LogP contribution in [0.15, 0.2) is 24.3 Å². The van der Waals surface area contributed by atoms with Crippen molar-refractivity contribution < 1.29 is 14.3 Å². The lowest BCUT2D eigenvalue weighted by Gasteiger charge is -2.09. The van der Waals surface area contributed by atoms with E-state index in [0.29, 0.717) is 19.6 Å². The fourth-order valence-electron chi connectivity index (χ4n) is 1.40. The summed E-state index contributed by atoms with van der Waals surface area (Å²) in [5.41, 5.74) is 5.51. The monoisotopic (exact) mass is 288 g/mol. The van der Waals surface area contributed by atoms with E-state index in [9.17, 15) is 4.79 Å². The summed E-state index contributed by atoms with van der Waals surface area (Å²) >= 11 is 0. The second kappa shape index (κ2) is 9.47. The molecule has 0 radical (unpaired) electrons. The summed E-state index contributed by atoms with van der Waals surface area (Å²) in [6.07, 6.45) is 0.336. The molecule has 0 heterocycles. The average molecular weight is 289 g/mol. The maximum atomic E-state index is 11.3. The van der Waals surface area contributed by atoms with Gasteiger partial charge in [-0.05, 0) is 31.2 Å². The summed E-state index contributed by atoms with van der Waals surface area (Å²) in [4.78, 5) is 11.3. The predicted octanol–water partition coefficient (Wildman–Crippen LogP) is 1.35. The summed E-state index contributed by atoms with van der Waals surface area (Å²) in [5, 5.41) is 2.74. The molecular formula is C13H21ClN2O3. The van der Waals surface area contributed by atoms with Gasteiger partial charge in [0, 0.05) is 12.5 Å². The van der Waals surface area contributed by atoms with E-state index in [1.807, 2.05) is 24.3 Å². The minimum absolute atomic E-state index is 0. The molecule has 0 bridgehead atoms. The maximum absolute atomic E-state index is 11.3. The first-order valence-electron chi connectivity index (χ1n) is 5.91. The van der Waals surface area contributed by atoms with Gasteiger partial charge in [0.15, 0.2) is 0 Å². The van der Waals surface area contributed by atoms with Crippen LogP contribution in [0, 0.1) is 0 Å². The molecule has 108 valence electrons. The Labute approximate surface area is 119 Å². The topological polar surface area (TPSA) is 73.6 Å². The first kappa shape index (κ1) is 17.5. The van der Waals surface area contributed by atoms with Crippen LogP contribution < -0.4 is 20.5 Å². The summed E-state index contributed by atoms with van der Waals surface area (Å²) in [5.74, 6) is 1.48. The summed E-state index contributed by atoms with van der Waals surface area (Å²) in [6, 6.07) is 7.17. The van der Waals surface area contributed by atoms with Crippen LogP contribution in [0.3, 0.4) is 0 Å². The maximum Gasteiger partial charge on any atom is 0.221 e.